The Kier molecular flexibility index (Phi) is 4.41. The molecule has 0 unspecified atom stereocenters. The maximum absolute atomic E-state index is 13.4. The molecule has 0 spiro atoms. The average molecular weight is 559 g/mol. The van der Waals surface area contributed by atoms with E-state index in [2.05, 4.69) is 28.8 Å². The average Bonchev–Trinajstić information content (AvgIpc) is 3.80. The molecule has 196 valence electrons. The van der Waals surface area contributed by atoms with Crippen molar-refractivity contribution in [3.63, 3.8) is 0 Å². The van der Waals surface area contributed by atoms with Gasteiger partial charge in [0.15, 0.2) is 0 Å². The van der Waals surface area contributed by atoms with E-state index in [1.54, 1.807) is 12.1 Å². The van der Waals surface area contributed by atoms with Gasteiger partial charge in [0.2, 0.25) is 9.84 Å². The SMILES string of the molecule is N#Cc1ccc(S(=O)(=O)c2ccc(-n3c4cc5c6ccccc6nc-5c4c4cc5nc6ccccc6c-5c43)cc2)cc1. The normalized spacial score (nSPS) is 12.5. The number of nitrogens with zero attached hydrogens (tertiary/aromatic N) is 4. The lowest BCUT2D eigenvalue weighted by Gasteiger charge is -2.10. The van der Waals surface area contributed by atoms with Crippen LogP contribution in [0.1, 0.15) is 5.56 Å². The van der Waals surface area contributed by atoms with Gasteiger partial charge in [-0.25, -0.2) is 18.4 Å². The van der Waals surface area contributed by atoms with Crippen molar-refractivity contribution >= 4 is 53.4 Å². The third kappa shape index (κ3) is 2.94. The zero-order valence-electron chi connectivity index (χ0n) is 21.9. The summed E-state index contributed by atoms with van der Waals surface area (Å²) < 4.78 is 29.0. The summed E-state index contributed by atoms with van der Waals surface area (Å²) in [5.74, 6) is 0. The second kappa shape index (κ2) is 8.00. The largest absolute Gasteiger partial charge is 0.308 e. The second-order valence-electron chi connectivity index (χ2n) is 10.6. The van der Waals surface area contributed by atoms with Crippen LogP contribution in [-0.2, 0) is 9.84 Å². The first-order valence-corrected chi connectivity index (χ1v) is 15.0. The number of benzene rings is 4. The number of rotatable bonds is 3. The van der Waals surface area contributed by atoms with Crippen LogP contribution in [0, 0.1) is 11.3 Å². The summed E-state index contributed by atoms with van der Waals surface area (Å²) in [6, 6.07) is 35.7. The van der Waals surface area contributed by atoms with Crippen molar-refractivity contribution in [3.8, 4) is 34.3 Å². The fourth-order valence-corrected chi connectivity index (χ4v) is 7.71. The maximum atomic E-state index is 13.4. The van der Waals surface area contributed by atoms with E-state index in [-0.39, 0.29) is 9.79 Å². The van der Waals surface area contributed by atoms with Crippen LogP contribution in [0.15, 0.2) is 119 Å². The zero-order valence-corrected chi connectivity index (χ0v) is 22.7. The van der Waals surface area contributed by atoms with Crippen molar-refractivity contribution in [1.82, 2.24) is 14.5 Å². The highest BCUT2D eigenvalue weighted by Crippen LogP contribution is 2.50. The van der Waals surface area contributed by atoms with Gasteiger partial charge in [-0.05, 0) is 72.8 Å². The first-order valence-electron chi connectivity index (χ1n) is 13.5. The Morgan fingerprint density at radius 2 is 1.33 bits per heavy atom. The summed E-state index contributed by atoms with van der Waals surface area (Å²) in [6.45, 7) is 0. The molecular weight excluding hydrogens is 540 g/mol. The molecule has 9 rings (SSSR count). The molecule has 6 nitrogen and oxygen atoms in total. The number of fused-ring (bicyclic) bond motifs is 11. The van der Waals surface area contributed by atoms with Crippen molar-refractivity contribution < 1.29 is 8.42 Å². The number of hydrogen-bond acceptors (Lipinski definition) is 5. The van der Waals surface area contributed by atoms with Crippen LogP contribution >= 0.6 is 0 Å². The summed E-state index contributed by atoms with van der Waals surface area (Å²) in [4.78, 5) is 10.3. The van der Waals surface area contributed by atoms with Gasteiger partial charge in [0.25, 0.3) is 0 Å². The minimum atomic E-state index is -3.75. The molecule has 0 atom stereocenters. The molecule has 2 aliphatic heterocycles. The molecule has 4 aliphatic rings. The smallest absolute Gasteiger partial charge is 0.206 e. The van der Waals surface area contributed by atoms with Crippen LogP contribution < -0.4 is 0 Å². The van der Waals surface area contributed by atoms with Gasteiger partial charge in [0.1, 0.15) is 0 Å². The number of aromatic nitrogens is 3. The lowest BCUT2D eigenvalue weighted by atomic mass is 10.1. The fourth-order valence-electron chi connectivity index (χ4n) is 6.45. The standard InChI is InChI=1S/C35H18N4O2S/c36-19-20-9-13-22(14-10-20)42(40,41)23-15-11-21(12-16-23)39-31-18-26-24-5-1-3-7-28(24)38-34(26)33(31)27-17-30-32(35(27)39)25-6-2-4-8-29(25)37-30/h1-18H. The van der Waals surface area contributed by atoms with Gasteiger partial charge in [-0.1, -0.05) is 36.4 Å². The molecule has 0 fully saturated rings. The molecule has 0 radical (unpaired) electrons. The summed E-state index contributed by atoms with van der Waals surface area (Å²) in [5.41, 5.74) is 9.33. The monoisotopic (exact) mass is 558 g/mol. The van der Waals surface area contributed by atoms with E-state index in [0.717, 1.165) is 71.8 Å². The third-order valence-electron chi connectivity index (χ3n) is 8.33. The zero-order chi connectivity index (χ0) is 28.2. The van der Waals surface area contributed by atoms with E-state index in [4.69, 9.17) is 15.2 Å². The molecule has 0 amide bonds. The van der Waals surface area contributed by atoms with Crippen LogP contribution in [0.3, 0.4) is 0 Å². The molecule has 42 heavy (non-hydrogen) atoms. The van der Waals surface area contributed by atoms with Gasteiger partial charge >= 0.3 is 0 Å². The van der Waals surface area contributed by atoms with Crippen molar-refractivity contribution in [2.24, 2.45) is 0 Å². The van der Waals surface area contributed by atoms with Crippen LogP contribution in [0.4, 0.5) is 0 Å². The Morgan fingerprint density at radius 1 is 0.690 bits per heavy atom. The summed E-state index contributed by atoms with van der Waals surface area (Å²) >= 11 is 0. The number of nitriles is 1. The van der Waals surface area contributed by atoms with Crippen molar-refractivity contribution in [1.29, 1.82) is 5.26 Å². The van der Waals surface area contributed by atoms with Crippen molar-refractivity contribution in [2.45, 2.75) is 9.79 Å². The third-order valence-corrected chi connectivity index (χ3v) is 10.1. The molecule has 0 saturated heterocycles. The topological polar surface area (TPSA) is 88.6 Å². The highest BCUT2D eigenvalue weighted by molar-refractivity contribution is 7.91. The highest BCUT2D eigenvalue weighted by Gasteiger charge is 2.29. The van der Waals surface area contributed by atoms with E-state index in [1.165, 1.54) is 24.3 Å². The molecule has 4 aromatic carbocycles. The van der Waals surface area contributed by atoms with Crippen LogP contribution in [-0.4, -0.2) is 23.0 Å². The molecule has 0 N–H and O–H groups in total. The van der Waals surface area contributed by atoms with E-state index in [9.17, 15) is 8.42 Å². The van der Waals surface area contributed by atoms with Crippen molar-refractivity contribution in [3.05, 3.63) is 115 Å². The predicted molar refractivity (Wildman–Crippen MR) is 164 cm³/mol. The lowest BCUT2D eigenvalue weighted by molar-refractivity contribution is 0.596. The van der Waals surface area contributed by atoms with Gasteiger partial charge in [-0.2, -0.15) is 5.26 Å². The van der Waals surface area contributed by atoms with E-state index in [1.807, 2.05) is 54.6 Å². The predicted octanol–water partition coefficient (Wildman–Crippen LogP) is 7.67. The molecule has 0 saturated carbocycles. The quantitative estimate of drug-likeness (QED) is 0.222. The Hall–Kier alpha value is -5.58. The Balaban J connectivity index is 1.32. The van der Waals surface area contributed by atoms with Gasteiger partial charge < -0.3 is 4.57 Å². The Morgan fingerprint density at radius 3 is 2.05 bits per heavy atom. The van der Waals surface area contributed by atoms with Crippen LogP contribution in [0.2, 0.25) is 0 Å². The van der Waals surface area contributed by atoms with Gasteiger partial charge in [0, 0.05) is 38.4 Å². The molecule has 3 heterocycles. The minimum Gasteiger partial charge on any atom is -0.308 e. The first-order chi connectivity index (χ1) is 20.5. The highest BCUT2D eigenvalue weighted by atomic mass is 32.2. The minimum absolute atomic E-state index is 0.153. The molecule has 0 bridgehead atoms. The summed E-state index contributed by atoms with van der Waals surface area (Å²) in [5, 5.41) is 13.4. The van der Waals surface area contributed by atoms with E-state index < -0.39 is 9.84 Å². The number of hydrogen-bond donors (Lipinski definition) is 0. The number of para-hydroxylation sites is 2. The molecule has 5 aromatic rings. The van der Waals surface area contributed by atoms with Gasteiger partial charge in [-0.15, -0.1) is 0 Å². The fraction of sp³-hybridized carbons (Fsp3) is 0. The van der Waals surface area contributed by atoms with Gasteiger partial charge in [0.05, 0.1) is 54.9 Å². The lowest BCUT2D eigenvalue weighted by Crippen LogP contribution is -2.02. The first kappa shape index (κ1) is 23.2. The van der Waals surface area contributed by atoms with E-state index in [0.29, 0.717) is 5.56 Å². The maximum Gasteiger partial charge on any atom is 0.206 e. The summed E-state index contributed by atoms with van der Waals surface area (Å²) in [7, 11) is -3.75. The van der Waals surface area contributed by atoms with Crippen molar-refractivity contribution in [2.75, 3.05) is 0 Å². The van der Waals surface area contributed by atoms with Crippen LogP contribution in [0.5, 0.6) is 0 Å². The molecule has 2 aliphatic carbocycles. The molecular formula is C35H18N4O2S. The Labute approximate surface area is 240 Å². The Bertz CT molecular complexity index is 2580. The van der Waals surface area contributed by atoms with Crippen LogP contribution in [0.25, 0.3) is 71.8 Å². The van der Waals surface area contributed by atoms with E-state index >= 15 is 0 Å². The number of sulfone groups is 1. The molecule has 7 heteroatoms. The molecule has 1 aromatic heterocycles. The second-order valence-corrected chi connectivity index (χ2v) is 12.5. The van der Waals surface area contributed by atoms with Gasteiger partial charge in [-0.3, -0.25) is 0 Å². The summed E-state index contributed by atoms with van der Waals surface area (Å²) in [6.07, 6.45) is 0.